The van der Waals surface area contributed by atoms with Crippen LogP contribution in [0.4, 0.5) is 45.9 Å². The van der Waals surface area contributed by atoms with E-state index in [1.807, 2.05) is 92.7 Å². The van der Waals surface area contributed by atoms with E-state index in [0.29, 0.717) is 109 Å². The number of fused-ring (bicyclic) bond motifs is 8. The Morgan fingerprint density at radius 3 is 1.21 bits per heavy atom. The minimum atomic E-state index is -0.296. The summed E-state index contributed by atoms with van der Waals surface area (Å²) in [4.78, 5) is 119. The Hall–Kier alpha value is -11.5. The molecule has 0 atom stereocenters. The number of pyridine rings is 5. The van der Waals surface area contributed by atoms with Crippen LogP contribution in [0.5, 0.6) is 0 Å². The fraction of sp³-hybridized carbons (Fsp3) is 0.296. The van der Waals surface area contributed by atoms with Crippen LogP contribution in [0.15, 0.2) is 104 Å². The Bertz CT molecular complexity index is 4690. The first-order chi connectivity index (χ1) is 52.7. The molecule has 16 rings (SSSR count). The molecule has 14 heterocycles. The van der Waals surface area contributed by atoms with Crippen LogP contribution in [0.1, 0.15) is 248 Å². The maximum absolute atomic E-state index is 11.2. The zero-order chi connectivity index (χ0) is 82.3. The van der Waals surface area contributed by atoms with Crippen LogP contribution in [0, 0.1) is 0 Å². The van der Waals surface area contributed by atoms with Crippen molar-refractivity contribution in [3.05, 3.63) is 194 Å². The summed E-state index contributed by atoms with van der Waals surface area (Å²) in [6.45, 7) is 33.1. The summed E-state index contributed by atoms with van der Waals surface area (Å²) in [6.07, 6.45) is 6.77. The molecule has 0 aliphatic carbocycles. The van der Waals surface area contributed by atoms with Crippen molar-refractivity contribution in [3.63, 3.8) is 0 Å². The third-order valence-electron chi connectivity index (χ3n) is 18.6. The van der Waals surface area contributed by atoms with Crippen molar-refractivity contribution in [2.24, 2.45) is 0 Å². The average Bonchev–Trinajstić information content (AvgIpc) is 1.76. The maximum atomic E-state index is 11.2. The summed E-state index contributed by atoms with van der Waals surface area (Å²) in [6, 6.07) is 25.0. The van der Waals surface area contributed by atoms with Gasteiger partial charge in [-0.25, -0.2) is 0 Å². The van der Waals surface area contributed by atoms with E-state index in [0.717, 1.165) is 67.6 Å². The van der Waals surface area contributed by atoms with Crippen molar-refractivity contribution < 1.29 is 38.4 Å². The molecule has 8 aliphatic heterocycles. The number of carbonyl (C=O) groups excluding carboxylic acids is 8. The fourth-order valence-corrected chi connectivity index (χ4v) is 11.4. The van der Waals surface area contributed by atoms with E-state index in [4.69, 9.17) is 59.9 Å². The SMILES string of the molecule is [B]=C1C(=O)Nc2cc(C(C)C)ccc21.[B]=C1C(=O)Nc2cc(C(C)C)cnc21.[B]=C1C(=O)Nc2cc(C(C)C)ncc21.[B]=C1C(=O)Nc2ccc(C(C)C)cc21.[B]=C1C(=O)Nc2ccc(C(C)C)nc21.[B]=C1C(=O)Nc2nc(C(C)C)ccc21.[B]=C1C(=O)Nc2nc(C(C)C)ncc21.[B]=C1C(=O)Nc2ncc(C(C)C)cc21. The second-order valence-corrected chi connectivity index (χ2v) is 29.5. The Balaban J connectivity index is 0.000000147. The van der Waals surface area contributed by atoms with Crippen LogP contribution in [0.3, 0.4) is 0 Å². The molecule has 23 nitrogen and oxygen atoms in total. The molecule has 0 bridgehead atoms. The number of rotatable bonds is 8. The Labute approximate surface area is 660 Å². The molecule has 8 N–H and O–H groups in total. The average molecular weight is 1480 g/mol. The molecule has 2 aromatic carbocycles. The quantitative estimate of drug-likeness (QED) is 0.0688. The Kier molecular flexibility index (Phi) is 26.9. The molecule has 0 saturated heterocycles. The first-order valence-electron chi connectivity index (χ1n) is 36.4. The summed E-state index contributed by atoms with van der Waals surface area (Å²) in [5.41, 5.74) is 18.8. The van der Waals surface area contributed by atoms with Gasteiger partial charge >= 0.3 is 664 Å². The molecule has 8 aliphatic rings. The molecule has 8 amide bonds. The van der Waals surface area contributed by atoms with Crippen molar-refractivity contribution in [2.75, 3.05) is 42.5 Å². The number of nitrogens with one attached hydrogen (secondary N) is 8. The monoisotopic (exact) mass is 1480 g/mol. The number of nitrogens with zero attached hydrogens (tertiary/aromatic N) is 7. The van der Waals surface area contributed by atoms with Gasteiger partial charge in [0.15, 0.2) is 0 Å². The first-order valence-corrected chi connectivity index (χ1v) is 36.4. The molecule has 552 valence electrons. The third kappa shape index (κ3) is 19.3. The summed E-state index contributed by atoms with van der Waals surface area (Å²) in [5.74, 6) is 3.38. The van der Waals surface area contributed by atoms with Gasteiger partial charge in [0.1, 0.15) is 0 Å². The number of aromatic nitrogens is 7. The standard InChI is InChI=1S/2C11H11BNO.5C10H10BN2O.C9H9BN3O/c1-6(2)7-3-4-9-8(5-7)10(12)11(14)13-9;1-6(2)7-3-4-8-9(5-7)13-11(14)10(8)12;1-5(2)7-3-8-6(4-12-7)9(11)10(14)13-8;1-5(2)6-3-7-9(12-4-6)8(11)10(14)13-7;1-5(2)6-3-7-8(11)10(14)13-9(7)12-4-6;1-5(2)7-4-3-6-8(11)10(14)13-9(6)12-7;1-5(2)6-3-4-7-9(12-6)8(11)10(14)13-7;1-4(2)7-11-3-5-6(10)9(14)13-8(5)12-7/h2*3-6H,1-2H3,(H,13,14);2*3-5H,1-2H3,(H,13,14);2*3-5H,1-2H3,(H,12,13,14);3-5H,1-2H3,(H,13,14);3-4H,1-2H3,(H,11,12,13,14). The molecule has 31 heteroatoms. The van der Waals surface area contributed by atoms with Crippen molar-refractivity contribution in [2.45, 2.75) is 158 Å². The Morgan fingerprint density at radius 2 is 0.625 bits per heavy atom. The van der Waals surface area contributed by atoms with Gasteiger partial charge in [-0.2, -0.15) is 0 Å². The predicted octanol–water partition coefficient (Wildman–Crippen LogP) is 7.37. The second kappa shape index (κ2) is 35.7. The number of anilines is 8. The third-order valence-corrected chi connectivity index (χ3v) is 18.6. The van der Waals surface area contributed by atoms with Gasteiger partial charge in [-0.05, 0) is 0 Å². The topological polar surface area (TPSA) is 323 Å². The van der Waals surface area contributed by atoms with E-state index in [-0.39, 0.29) is 86.0 Å². The molecule has 0 fully saturated rings. The van der Waals surface area contributed by atoms with Crippen LogP contribution in [0.2, 0.25) is 0 Å². The predicted molar refractivity (Wildman–Crippen MR) is 457 cm³/mol. The van der Waals surface area contributed by atoms with E-state index in [1.165, 1.54) is 11.1 Å². The molecule has 6 aromatic heterocycles. The van der Waals surface area contributed by atoms with Gasteiger partial charge in [0.05, 0.1) is 0 Å². The molecule has 8 radical (unpaired) electrons. The zero-order valence-electron chi connectivity index (χ0n) is 65.4. The summed E-state index contributed by atoms with van der Waals surface area (Å²) in [7, 11) is 44.8. The number of amides is 8. The molecule has 0 spiro atoms. The Morgan fingerprint density at radius 1 is 0.241 bits per heavy atom. The van der Waals surface area contributed by atoms with Crippen molar-refractivity contribution >= 4 is 197 Å². The van der Waals surface area contributed by atoms with E-state index in [9.17, 15) is 38.4 Å². The number of hydrogen-bond donors (Lipinski definition) is 8. The summed E-state index contributed by atoms with van der Waals surface area (Å²) in [5, 5.41) is 21.3. The van der Waals surface area contributed by atoms with Crippen LogP contribution in [-0.2, 0) is 38.4 Å². The summed E-state index contributed by atoms with van der Waals surface area (Å²) < 4.78 is 0. The van der Waals surface area contributed by atoms with Crippen LogP contribution >= 0.6 is 0 Å². The normalized spacial score (nSPS) is 14.4. The van der Waals surface area contributed by atoms with Crippen LogP contribution < -0.4 is 42.5 Å². The number of carbonyl (C=O) groups is 8. The van der Waals surface area contributed by atoms with E-state index < -0.39 is 0 Å². The van der Waals surface area contributed by atoms with Gasteiger partial charge in [0.25, 0.3) is 0 Å². The van der Waals surface area contributed by atoms with Crippen LogP contribution in [0.25, 0.3) is 0 Å². The van der Waals surface area contributed by atoms with Gasteiger partial charge < -0.3 is 0 Å². The van der Waals surface area contributed by atoms with Crippen molar-refractivity contribution in [3.8, 4) is 0 Å². The summed E-state index contributed by atoms with van der Waals surface area (Å²) >= 11 is 0. The molecule has 0 unspecified atom stereocenters. The number of hydrogen-bond acceptors (Lipinski definition) is 15. The zero-order valence-corrected chi connectivity index (χ0v) is 65.4. The van der Waals surface area contributed by atoms with E-state index in [2.05, 4.69) is 174 Å². The van der Waals surface area contributed by atoms with E-state index >= 15 is 0 Å². The minimum absolute atomic E-state index is 0.190. The van der Waals surface area contributed by atoms with Gasteiger partial charge in [-0.15, -0.1) is 0 Å². The molecule has 112 heavy (non-hydrogen) atoms. The molecule has 0 saturated carbocycles. The molecular weight excluding hydrogens is 1400 g/mol. The van der Waals surface area contributed by atoms with Gasteiger partial charge in [-0.3, -0.25) is 0 Å². The fourth-order valence-electron chi connectivity index (χ4n) is 11.4. The van der Waals surface area contributed by atoms with Gasteiger partial charge in [-0.1, -0.05) is 0 Å². The van der Waals surface area contributed by atoms with Crippen molar-refractivity contribution in [1.82, 2.24) is 34.9 Å². The number of benzene rings is 2. The first kappa shape index (κ1) is 84.5. The van der Waals surface area contributed by atoms with Crippen molar-refractivity contribution in [1.29, 1.82) is 0 Å². The van der Waals surface area contributed by atoms with Gasteiger partial charge in [0, 0.05) is 0 Å². The second-order valence-electron chi connectivity index (χ2n) is 29.5. The van der Waals surface area contributed by atoms with E-state index in [1.54, 1.807) is 24.8 Å². The molecular formula is C81H81B8N15O8. The van der Waals surface area contributed by atoms with Crippen LogP contribution in [-0.4, -0.2) is 186 Å². The molecule has 8 aromatic rings. The van der Waals surface area contributed by atoms with Gasteiger partial charge in [0.2, 0.25) is 0 Å².